The van der Waals surface area contributed by atoms with Crippen molar-refractivity contribution in [2.45, 2.75) is 19.4 Å². The lowest BCUT2D eigenvalue weighted by Crippen LogP contribution is -2.24. The number of pyridine rings is 1. The van der Waals surface area contributed by atoms with Gasteiger partial charge in [0.25, 0.3) is 0 Å². The quantitative estimate of drug-likeness (QED) is 0.782. The number of hydrogen-bond donors (Lipinski definition) is 2. The average Bonchev–Trinajstić information content (AvgIpc) is 2.44. The van der Waals surface area contributed by atoms with Crippen molar-refractivity contribution in [1.82, 2.24) is 4.98 Å². The number of carbonyl (C=O) groups excluding carboxylic acids is 1. The number of nitrogens with zero attached hydrogens (tertiary/aromatic N) is 1. The van der Waals surface area contributed by atoms with Crippen LogP contribution in [0.25, 0.3) is 10.9 Å². The van der Waals surface area contributed by atoms with Gasteiger partial charge >= 0.3 is 5.97 Å². The first-order chi connectivity index (χ1) is 10.1. The average molecular weight is 353 g/mol. The summed E-state index contributed by atoms with van der Waals surface area (Å²) in [6.45, 7) is 2.32. The zero-order valence-corrected chi connectivity index (χ0v) is 13.3. The number of esters is 1. The number of halogens is 1. The van der Waals surface area contributed by atoms with Gasteiger partial charge < -0.3 is 15.2 Å². The van der Waals surface area contributed by atoms with Crippen molar-refractivity contribution in [2.24, 2.45) is 0 Å². The molecule has 1 unspecified atom stereocenters. The number of anilines is 1. The molecule has 0 amide bonds. The van der Waals surface area contributed by atoms with E-state index in [1.807, 2.05) is 24.3 Å². The summed E-state index contributed by atoms with van der Waals surface area (Å²) in [5.74, 6) is -0.397. The van der Waals surface area contributed by atoms with Crippen LogP contribution in [0.15, 0.2) is 34.9 Å². The fraction of sp³-hybridized carbons (Fsp3) is 0.333. The van der Waals surface area contributed by atoms with Crippen LogP contribution in [-0.4, -0.2) is 35.3 Å². The van der Waals surface area contributed by atoms with Gasteiger partial charge in [-0.05, 0) is 35.0 Å². The Labute approximate surface area is 131 Å². The van der Waals surface area contributed by atoms with Gasteiger partial charge in [0, 0.05) is 22.6 Å². The van der Waals surface area contributed by atoms with Gasteiger partial charge in [0.1, 0.15) is 0 Å². The Kier molecular flexibility index (Phi) is 5.52. The summed E-state index contributed by atoms with van der Waals surface area (Å²) in [6, 6.07) is 7.74. The largest absolute Gasteiger partial charge is 0.466 e. The first kappa shape index (κ1) is 15.7. The van der Waals surface area contributed by atoms with E-state index in [0.29, 0.717) is 6.61 Å². The fourth-order valence-electron chi connectivity index (χ4n) is 1.99. The van der Waals surface area contributed by atoms with Crippen LogP contribution >= 0.6 is 15.9 Å². The van der Waals surface area contributed by atoms with Gasteiger partial charge in [-0.2, -0.15) is 0 Å². The fourth-order valence-corrected chi connectivity index (χ4v) is 2.34. The van der Waals surface area contributed by atoms with Gasteiger partial charge in [-0.25, -0.2) is 0 Å². The summed E-state index contributed by atoms with van der Waals surface area (Å²) in [7, 11) is 0. The molecule has 1 atom stereocenters. The molecule has 2 aromatic rings. The van der Waals surface area contributed by atoms with Crippen molar-refractivity contribution in [3.05, 3.63) is 34.9 Å². The lowest BCUT2D eigenvalue weighted by atomic mass is 10.2. The maximum Gasteiger partial charge on any atom is 0.308 e. The second kappa shape index (κ2) is 7.38. The third kappa shape index (κ3) is 4.41. The van der Waals surface area contributed by atoms with Crippen LogP contribution in [0.5, 0.6) is 0 Å². The van der Waals surface area contributed by atoms with Crippen LogP contribution < -0.4 is 5.32 Å². The molecule has 2 N–H and O–H groups in total. The van der Waals surface area contributed by atoms with Gasteiger partial charge in [0.15, 0.2) is 0 Å². The number of carbonyl (C=O) groups is 1. The molecule has 0 aliphatic carbocycles. The Morgan fingerprint density at radius 2 is 2.33 bits per heavy atom. The molecular weight excluding hydrogens is 336 g/mol. The molecule has 0 aliphatic heterocycles. The highest BCUT2D eigenvalue weighted by Gasteiger charge is 2.12. The predicted octanol–water partition coefficient (Wildman–Crippen LogP) is 2.72. The number of rotatable bonds is 6. The molecule has 6 heteroatoms. The maximum absolute atomic E-state index is 11.3. The van der Waals surface area contributed by atoms with E-state index in [0.717, 1.165) is 21.1 Å². The maximum atomic E-state index is 11.3. The normalized spacial score (nSPS) is 12.1. The number of nitrogens with one attached hydrogen (secondary N) is 1. The molecule has 0 fully saturated rings. The van der Waals surface area contributed by atoms with E-state index in [9.17, 15) is 9.90 Å². The number of aliphatic hydroxyl groups is 1. The number of ether oxygens (including phenoxy) is 1. The van der Waals surface area contributed by atoms with E-state index >= 15 is 0 Å². The molecule has 5 nitrogen and oxygen atoms in total. The lowest BCUT2D eigenvalue weighted by Gasteiger charge is -2.13. The van der Waals surface area contributed by atoms with Crippen LogP contribution in [0, 0.1) is 0 Å². The SMILES string of the molecule is CCOC(=O)CC(O)CNc1cccc2cc(Br)cnc12. The molecule has 0 saturated heterocycles. The molecule has 112 valence electrons. The Morgan fingerprint density at radius 1 is 1.52 bits per heavy atom. The van der Waals surface area contributed by atoms with Crippen molar-refractivity contribution in [2.75, 3.05) is 18.5 Å². The number of para-hydroxylation sites is 1. The first-order valence-corrected chi connectivity index (χ1v) is 7.51. The highest BCUT2D eigenvalue weighted by Crippen LogP contribution is 2.23. The molecule has 0 bridgehead atoms. The van der Waals surface area contributed by atoms with E-state index in [1.165, 1.54) is 0 Å². The van der Waals surface area contributed by atoms with Gasteiger partial charge in [-0.1, -0.05) is 12.1 Å². The standard InChI is InChI=1S/C15H17BrN2O3/c1-2-21-14(20)7-12(19)9-17-13-5-3-4-10-6-11(16)8-18-15(10)13/h3-6,8,12,17,19H,2,7,9H2,1H3. The Hall–Kier alpha value is -1.66. The van der Waals surface area contributed by atoms with Crippen LogP contribution in [-0.2, 0) is 9.53 Å². The third-order valence-corrected chi connectivity index (χ3v) is 3.35. The molecule has 1 heterocycles. The van der Waals surface area contributed by atoms with Crippen molar-refractivity contribution in [3.63, 3.8) is 0 Å². The zero-order valence-electron chi connectivity index (χ0n) is 11.7. The van der Waals surface area contributed by atoms with Gasteiger partial charge in [0.2, 0.25) is 0 Å². The van der Waals surface area contributed by atoms with E-state index in [1.54, 1.807) is 13.1 Å². The number of aromatic nitrogens is 1. The summed E-state index contributed by atoms with van der Waals surface area (Å²) in [5, 5.41) is 13.9. The van der Waals surface area contributed by atoms with Crippen molar-refractivity contribution < 1.29 is 14.6 Å². The molecule has 0 radical (unpaired) electrons. The summed E-state index contributed by atoms with van der Waals surface area (Å²) < 4.78 is 5.72. The lowest BCUT2D eigenvalue weighted by molar-refractivity contribution is -0.145. The highest BCUT2D eigenvalue weighted by molar-refractivity contribution is 9.10. The van der Waals surface area contributed by atoms with Gasteiger partial charge in [-0.3, -0.25) is 9.78 Å². The summed E-state index contributed by atoms with van der Waals surface area (Å²) in [6.07, 6.45) is 0.905. The molecule has 0 aliphatic rings. The molecule has 0 spiro atoms. The number of benzene rings is 1. The summed E-state index contributed by atoms with van der Waals surface area (Å²) >= 11 is 3.39. The Morgan fingerprint density at radius 3 is 3.10 bits per heavy atom. The molecule has 2 rings (SSSR count). The molecule has 0 saturated carbocycles. The topological polar surface area (TPSA) is 71.5 Å². The highest BCUT2D eigenvalue weighted by atomic mass is 79.9. The second-order valence-electron chi connectivity index (χ2n) is 4.57. The van der Waals surface area contributed by atoms with Gasteiger partial charge in [-0.15, -0.1) is 0 Å². The minimum Gasteiger partial charge on any atom is -0.466 e. The first-order valence-electron chi connectivity index (χ1n) is 6.72. The van der Waals surface area contributed by atoms with Crippen LogP contribution in [0.1, 0.15) is 13.3 Å². The smallest absolute Gasteiger partial charge is 0.308 e. The molecule has 21 heavy (non-hydrogen) atoms. The molecular formula is C15H17BrN2O3. The van der Waals surface area contributed by atoms with E-state index in [2.05, 4.69) is 26.2 Å². The predicted molar refractivity (Wildman–Crippen MR) is 85.2 cm³/mol. The van der Waals surface area contributed by atoms with Crippen molar-refractivity contribution >= 4 is 38.5 Å². The van der Waals surface area contributed by atoms with E-state index in [4.69, 9.17) is 4.74 Å². The van der Waals surface area contributed by atoms with Crippen LogP contribution in [0.2, 0.25) is 0 Å². The molecule has 1 aromatic heterocycles. The number of hydrogen-bond acceptors (Lipinski definition) is 5. The van der Waals surface area contributed by atoms with E-state index in [-0.39, 0.29) is 13.0 Å². The summed E-state index contributed by atoms with van der Waals surface area (Å²) in [4.78, 5) is 15.7. The monoisotopic (exact) mass is 352 g/mol. The number of fused-ring (bicyclic) bond motifs is 1. The minimum atomic E-state index is -0.797. The van der Waals surface area contributed by atoms with Gasteiger partial charge in [0.05, 0.1) is 30.3 Å². The zero-order chi connectivity index (χ0) is 15.2. The minimum absolute atomic E-state index is 0.0232. The third-order valence-electron chi connectivity index (χ3n) is 2.91. The van der Waals surface area contributed by atoms with Crippen LogP contribution in [0.3, 0.4) is 0 Å². The summed E-state index contributed by atoms with van der Waals surface area (Å²) in [5.41, 5.74) is 1.65. The van der Waals surface area contributed by atoms with Crippen molar-refractivity contribution in [1.29, 1.82) is 0 Å². The number of aliphatic hydroxyl groups excluding tert-OH is 1. The van der Waals surface area contributed by atoms with Crippen LogP contribution in [0.4, 0.5) is 5.69 Å². The Balaban J connectivity index is 2.02. The van der Waals surface area contributed by atoms with Crippen molar-refractivity contribution in [3.8, 4) is 0 Å². The second-order valence-corrected chi connectivity index (χ2v) is 5.49. The molecule has 1 aromatic carbocycles. The van der Waals surface area contributed by atoms with E-state index < -0.39 is 12.1 Å². The Bertz CT molecular complexity index is 633.